The van der Waals surface area contributed by atoms with Gasteiger partial charge in [-0.3, -0.25) is 4.99 Å². The van der Waals surface area contributed by atoms with Crippen molar-refractivity contribution < 1.29 is 0 Å². The molecule has 1 heteroatoms. The van der Waals surface area contributed by atoms with Gasteiger partial charge in [-0.1, -0.05) is 74.4 Å². The molecule has 0 spiro atoms. The molecule has 0 amide bonds. The number of hydrogen-bond donors (Lipinski definition) is 0. The molecule has 1 unspecified atom stereocenters. The highest BCUT2D eigenvalue weighted by Crippen LogP contribution is 2.37. The van der Waals surface area contributed by atoms with Gasteiger partial charge in [0.05, 0.1) is 5.41 Å². The molecule has 0 fully saturated rings. The van der Waals surface area contributed by atoms with Gasteiger partial charge in [0.25, 0.3) is 0 Å². The van der Waals surface area contributed by atoms with Crippen molar-refractivity contribution in [2.24, 2.45) is 4.99 Å². The summed E-state index contributed by atoms with van der Waals surface area (Å²) < 4.78 is 0. The second kappa shape index (κ2) is 5.49. The van der Waals surface area contributed by atoms with E-state index in [-0.39, 0.29) is 10.8 Å². The van der Waals surface area contributed by atoms with E-state index < -0.39 is 0 Å². The summed E-state index contributed by atoms with van der Waals surface area (Å²) >= 11 is 0. The highest BCUT2D eigenvalue weighted by Gasteiger charge is 2.32. The van der Waals surface area contributed by atoms with Gasteiger partial charge < -0.3 is 0 Å². The van der Waals surface area contributed by atoms with Crippen LogP contribution in [0.25, 0.3) is 0 Å². The molecule has 1 aliphatic heterocycles. The second-order valence-corrected chi connectivity index (χ2v) is 7.67. The molecule has 2 aromatic rings. The Bertz CT molecular complexity index is 738. The average molecular weight is 303 g/mol. The Morgan fingerprint density at radius 2 is 1.43 bits per heavy atom. The standard InChI is InChI=1S/C22H25N/c1-16-12-17(2)14-20(13-16)22(10-11-23-15-22)19-8-6-18(7-9-19)21(3,4)5/h6-15H,1-5H3. The molecule has 1 atom stereocenters. The molecule has 0 saturated heterocycles. The summed E-state index contributed by atoms with van der Waals surface area (Å²) in [5.41, 5.74) is 6.43. The number of aryl methyl sites for hydroxylation is 2. The van der Waals surface area contributed by atoms with Crippen LogP contribution in [-0.2, 0) is 10.8 Å². The SMILES string of the molecule is Cc1cc(C)cc(C2(c3ccc(C(C)(C)C)cc3)C=CN=C2)c1. The lowest BCUT2D eigenvalue weighted by atomic mass is 9.74. The summed E-state index contributed by atoms with van der Waals surface area (Å²) in [5, 5.41) is 0. The summed E-state index contributed by atoms with van der Waals surface area (Å²) in [6.45, 7) is 11.1. The van der Waals surface area contributed by atoms with Crippen LogP contribution in [0.2, 0.25) is 0 Å². The molecule has 0 bridgehead atoms. The third-order valence-electron chi connectivity index (χ3n) is 4.63. The van der Waals surface area contributed by atoms with Crippen molar-refractivity contribution in [3.63, 3.8) is 0 Å². The maximum absolute atomic E-state index is 4.41. The first-order valence-electron chi connectivity index (χ1n) is 8.23. The van der Waals surface area contributed by atoms with Crippen molar-refractivity contribution in [1.82, 2.24) is 0 Å². The van der Waals surface area contributed by atoms with Crippen LogP contribution in [0.15, 0.2) is 59.7 Å². The molecule has 118 valence electrons. The predicted molar refractivity (Wildman–Crippen MR) is 99.5 cm³/mol. The van der Waals surface area contributed by atoms with Crippen molar-refractivity contribution in [3.05, 3.63) is 82.6 Å². The number of hydrogen-bond acceptors (Lipinski definition) is 1. The zero-order valence-corrected chi connectivity index (χ0v) is 14.7. The molecular weight excluding hydrogens is 278 g/mol. The molecule has 2 aromatic carbocycles. The van der Waals surface area contributed by atoms with Gasteiger partial charge in [0.2, 0.25) is 0 Å². The Labute approximate surface area is 139 Å². The van der Waals surface area contributed by atoms with Gasteiger partial charge in [-0.05, 0) is 42.0 Å². The summed E-state index contributed by atoms with van der Waals surface area (Å²) in [7, 11) is 0. The third kappa shape index (κ3) is 2.88. The minimum atomic E-state index is -0.243. The van der Waals surface area contributed by atoms with Gasteiger partial charge in [0, 0.05) is 12.4 Å². The van der Waals surface area contributed by atoms with Crippen molar-refractivity contribution in [3.8, 4) is 0 Å². The minimum absolute atomic E-state index is 0.172. The molecule has 1 heterocycles. The lowest BCUT2D eigenvalue weighted by Crippen LogP contribution is -2.26. The Morgan fingerprint density at radius 3 is 1.91 bits per heavy atom. The molecule has 0 aromatic heterocycles. The van der Waals surface area contributed by atoms with Crippen molar-refractivity contribution in [2.75, 3.05) is 0 Å². The lowest BCUT2D eigenvalue weighted by molar-refractivity contribution is 0.589. The van der Waals surface area contributed by atoms with E-state index in [1.807, 2.05) is 6.20 Å². The van der Waals surface area contributed by atoms with Crippen molar-refractivity contribution in [1.29, 1.82) is 0 Å². The normalized spacial score (nSPS) is 20.2. The fraction of sp³-hybridized carbons (Fsp3) is 0.318. The van der Waals surface area contributed by atoms with Gasteiger partial charge in [-0.25, -0.2) is 0 Å². The number of allylic oxidation sites excluding steroid dienone is 1. The number of rotatable bonds is 2. The second-order valence-electron chi connectivity index (χ2n) is 7.67. The topological polar surface area (TPSA) is 12.4 Å². The number of nitrogens with zero attached hydrogens (tertiary/aromatic N) is 1. The molecule has 0 radical (unpaired) electrons. The van der Waals surface area contributed by atoms with Crippen LogP contribution in [-0.4, -0.2) is 6.21 Å². The molecule has 1 aliphatic rings. The largest absolute Gasteiger partial charge is 0.268 e. The third-order valence-corrected chi connectivity index (χ3v) is 4.63. The monoisotopic (exact) mass is 303 g/mol. The number of benzene rings is 2. The van der Waals surface area contributed by atoms with E-state index in [4.69, 9.17) is 0 Å². The zero-order chi connectivity index (χ0) is 16.7. The lowest BCUT2D eigenvalue weighted by Gasteiger charge is -2.28. The van der Waals surface area contributed by atoms with Crippen LogP contribution in [0.4, 0.5) is 0 Å². The van der Waals surface area contributed by atoms with E-state index in [0.29, 0.717) is 0 Å². The Kier molecular flexibility index (Phi) is 3.75. The quantitative estimate of drug-likeness (QED) is 0.696. The number of aliphatic imine (C=N–C) groups is 1. The average Bonchev–Trinajstić information content (AvgIpc) is 2.96. The van der Waals surface area contributed by atoms with E-state index in [1.165, 1.54) is 27.8 Å². The van der Waals surface area contributed by atoms with Crippen LogP contribution in [0.5, 0.6) is 0 Å². The van der Waals surface area contributed by atoms with Crippen LogP contribution in [0.3, 0.4) is 0 Å². The molecule has 0 N–H and O–H groups in total. The van der Waals surface area contributed by atoms with Crippen LogP contribution in [0, 0.1) is 13.8 Å². The molecule has 0 aliphatic carbocycles. The molecular formula is C22H25N. The summed E-state index contributed by atoms with van der Waals surface area (Å²) in [6, 6.07) is 15.8. The van der Waals surface area contributed by atoms with Gasteiger partial charge in [-0.2, -0.15) is 0 Å². The van der Waals surface area contributed by atoms with E-state index in [1.54, 1.807) is 0 Å². The first kappa shape index (κ1) is 15.7. The van der Waals surface area contributed by atoms with Crippen molar-refractivity contribution in [2.45, 2.75) is 45.4 Å². The molecule has 23 heavy (non-hydrogen) atoms. The molecule has 1 nitrogen and oxygen atoms in total. The van der Waals surface area contributed by atoms with E-state index >= 15 is 0 Å². The minimum Gasteiger partial charge on any atom is -0.268 e. The Balaban J connectivity index is 2.12. The van der Waals surface area contributed by atoms with Gasteiger partial charge in [-0.15, -0.1) is 0 Å². The van der Waals surface area contributed by atoms with E-state index in [0.717, 1.165) is 0 Å². The first-order chi connectivity index (χ1) is 10.8. The highest BCUT2D eigenvalue weighted by atomic mass is 14.7. The van der Waals surface area contributed by atoms with Crippen LogP contribution < -0.4 is 0 Å². The smallest absolute Gasteiger partial charge is 0.0753 e. The van der Waals surface area contributed by atoms with Gasteiger partial charge >= 0.3 is 0 Å². The zero-order valence-electron chi connectivity index (χ0n) is 14.7. The fourth-order valence-electron chi connectivity index (χ4n) is 3.33. The van der Waals surface area contributed by atoms with Gasteiger partial charge in [0.1, 0.15) is 0 Å². The maximum atomic E-state index is 4.41. The van der Waals surface area contributed by atoms with E-state index in [9.17, 15) is 0 Å². The summed E-state index contributed by atoms with van der Waals surface area (Å²) in [5.74, 6) is 0. The first-order valence-corrected chi connectivity index (χ1v) is 8.23. The van der Waals surface area contributed by atoms with Crippen molar-refractivity contribution >= 4 is 6.21 Å². The van der Waals surface area contributed by atoms with Gasteiger partial charge in [0.15, 0.2) is 0 Å². The predicted octanol–water partition coefficient (Wildman–Crippen LogP) is 5.49. The van der Waals surface area contributed by atoms with Crippen LogP contribution in [0.1, 0.15) is 48.6 Å². The van der Waals surface area contributed by atoms with Crippen LogP contribution >= 0.6 is 0 Å². The maximum Gasteiger partial charge on any atom is 0.0753 e. The summed E-state index contributed by atoms with van der Waals surface area (Å²) in [6.07, 6.45) is 6.18. The fourth-order valence-corrected chi connectivity index (χ4v) is 3.33. The molecule has 3 rings (SSSR count). The Hall–Kier alpha value is -2.15. The Morgan fingerprint density at radius 1 is 0.826 bits per heavy atom. The molecule has 0 saturated carbocycles. The van der Waals surface area contributed by atoms with E-state index in [2.05, 4.69) is 94.4 Å². The summed E-state index contributed by atoms with van der Waals surface area (Å²) in [4.78, 5) is 4.41. The highest BCUT2D eigenvalue weighted by molar-refractivity contribution is 5.85.